The molecule has 1 aromatic carbocycles. The van der Waals surface area contributed by atoms with E-state index in [9.17, 15) is 0 Å². The predicted octanol–water partition coefficient (Wildman–Crippen LogP) is 3.11. The quantitative estimate of drug-likeness (QED) is 0.696. The highest BCUT2D eigenvalue weighted by Gasteiger charge is 2.39. The summed E-state index contributed by atoms with van der Waals surface area (Å²) in [5.41, 5.74) is 4.78. The van der Waals surface area contributed by atoms with Crippen LogP contribution in [0.3, 0.4) is 0 Å². The number of rotatable bonds is 1. The zero-order valence-corrected chi connectivity index (χ0v) is 10.4. The molecular formula is C14H21N. The van der Waals surface area contributed by atoms with E-state index >= 15 is 0 Å². The summed E-state index contributed by atoms with van der Waals surface area (Å²) in [7, 11) is 0. The molecule has 1 heteroatoms. The highest BCUT2D eigenvalue weighted by molar-refractivity contribution is 5.41. The third kappa shape index (κ3) is 1.93. The Bertz CT molecular complexity index is 381. The van der Waals surface area contributed by atoms with E-state index in [1.165, 1.54) is 16.7 Å². The van der Waals surface area contributed by atoms with E-state index in [1.54, 1.807) is 0 Å². The van der Waals surface area contributed by atoms with Crippen molar-refractivity contribution in [1.29, 1.82) is 0 Å². The van der Waals surface area contributed by atoms with Crippen LogP contribution in [-0.2, 0) is 11.0 Å². The van der Waals surface area contributed by atoms with Crippen LogP contribution in [0.25, 0.3) is 0 Å². The standard InChI is InChI=1S/C14H21N/c1-10-6-7-11(13(2,3)4)8-12(10)14(5)9-15-14/h6-8,15H,9H2,1-5H3. The SMILES string of the molecule is Cc1ccc(C(C)(C)C)cc1C1(C)CN1. The number of aryl methyl sites for hydroxylation is 1. The van der Waals surface area contributed by atoms with Gasteiger partial charge in [-0.2, -0.15) is 0 Å². The lowest BCUT2D eigenvalue weighted by Crippen LogP contribution is -2.15. The van der Waals surface area contributed by atoms with Gasteiger partial charge in [-0.25, -0.2) is 0 Å². The van der Waals surface area contributed by atoms with E-state index < -0.39 is 0 Å². The van der Waals surface area contributed by atoms with Crippen molar-refractivity contribution in [2.75, 3.05) is 6.54 Å². The van der Waals surface area contributed by atoms with Gasteiger partial charge in [0.2, 0.25) is 0 Å². The third-order valence-corrected chi connectivity index (χ3v) is 3.41. The molecule has 1 aliphatic heterocycles. The van der Waals surface area contributed by atoms with Crippen molar-refractivity contribution in [1.82, 2.24) is 5.32 Å². The fraction of sp³-hybridized carbons (Fsp3) is 0.571. The topological polar surface area (TPSA) is 21.9 Å². The average Bonchev–Trinajstić information content (AvgIpc) is 2.83. The van der Waals surface area contributed by atoms with Gasteiger partial charge in [-0.1, -0.05) is 39.0 Å². The molecule has 0 radical (unpaired) electrons. The Kier molecular flexibility index (Phi) is 2.20. The van der Waals surface area contributed by atoms with E-state index in [0.717, 1.165) is 6.54 Å². The highest BCUT2D eigenvalue weighted by atomic mass is 15.1. The Hall–Kier alpha value is -0.820. The molecule has 1 N–H and O–H groups in total. The Morgan fingerprint density at radius 3 is 2.33 bits per heavy atom. The van der Waals surface area contributed by atoms with Crippen molar-refractivity contribution in [3.8, 4) is 0 Å². The predicted molar refractivity (Wildman–Crippen MR) is 65.2 cm³/mol. The average molecular weight is 203 g/mol. The van der Waals surface area contributed by atoms with E-state index in [4.69, 9.17) is 0 Å². The first-order chi connectivity index (χ1) is 6.83. The van der Waals surface area contributed by atoms with Gasteiger partial charge in [-0.15, -0.1) is 0 Å². The molecule has 1 saturated heterocycles. The summed E-state index contributed by atoms with van der Waals surface area (Å²) >= 11 is 0. The second-order valence-electron chi connectivity index (χ2n) is 5.97. The van der Waals surface area contributed by atoms with Crippen LogP contribution >= 0.6 is 0 Å². The van der Waals surface area contributed by atoms with Gasteiger partial charge in [0.05, 0.1) is 5.54 Å². The first-order valence-electron chi connectivity index (χ1n) is 5.70. The Balaban J connectivity index is 2.47. The van der Waals surface area contributed by atoms with Gasteiger partial charge >= 0.3 is 0 Å². The molecule has 1 aliphatic rings. The van der Waals surface area contributed by atoms with Gasteiger partial charge < -0.3 is 5.32 Å². The number of hydrogen-bond acceptors (Lipinski definition) is 1. The van der Waals surface area contributed by atoms with E-state index in [2.05, 4.69) is 58.1 Å². The lowest BCUT2D eigenvalue weighted by Gasteiger charge is -2.22. The molecule has 1 aromatic rings. The molecule has 0 saturated carbocycles. The molecule has 1 nitrogen and oxygen atoms in total. The summed E-state index contributed by atoms with van der Waals surface area (Å²) in [6, 6.07) is 6.88. The monoisotopic (exact) mass is 203 g/mol. The van der Waals surface area contributed by atoms with Crippen molar-refractivity contribution in [2.45, 2.75) is 45.6 Å². The van der Waals surface area contributed by atoms with Crippen molar-refractivity contribution in [3.05, 3.63) is 34.9 Å². The van der Waals surface area contributed by atoms with Gasteiger partial charge in [0.25, 0.3) is 0 Å². The zero-order valence-electron chi connectivity index (χ0n) is 10.4. The fourth-order valence-corrected chi connectivity index (χ4v) is 2.01. The first kappa shape index (κ1) is 10.7. The van der Waals surface area contributed by atoms with Crippen LogP contribution in [0.5, 0.6) is 0 Å². The molecule has 2 rings (SSSR count). The Labute approximate surface area is 92.9 Å². The second kappa shape index (κ2) is 3.08. The van der Waals surface area contributed by atoms with Crippen LogP contribution < -0.4 is 5.32 Å². The third-order valence-electron chi connectivity index (χ3n) is 3.41. The Morgan fingerprint density at radius 1 is 1.27 bits per heavy atom. The lowest BCUT2D eigenvalue weighted by molar-refractivity contribution is 0.587. The maximum absolute atomic E-state index is 3.45. The fourth-order valence-electron chi connectivity index (χ4n) is 2.01. The molecule has 0 amide bonds. The molecule has 1 atom stereocenters. The summed E-state index contributed by atoms with van der Waals surface area (Å²) in [5.74, 6) is 0. The summed E-state index contributed by atoms with van der Waals surface area (Å²) in [6.07, 6.45) is 0. The Morgan fingerprint density at radius 2 is 1.87 bits per heavy atom. The van der Waals surface area contributed by atoms with Crippen LogP contribution in [0, 0.1) is 6.92 Å². The smallest absolute Gasteiger partial charge is 0.0536 e. The number of nitrogens with one attached hydrogen (secondary N) is 1. The summed E-state index contributed by atoms with van der Waals surface area (Å²) in [5, 5.41) is 3.45. The first-order valence-corrected chi connectivity index (χ1v) is 5.70. The second-order valence-corrected chi connectivity index (χ2v) is 5.97. The molecule has 1 fully saturated rings. The number of benzene rings is 1. The molecule has 1 heterocycles. The van der Waals surface area contributed by atoms with E-state index in [1.807, 2.05) is 0 Å². The van der Waals surface area contributed by atoms with Crippen molar-refractivity contribution in [3.63, 3.8) is 0 Å². The van der Waals surface area contributed by atoms with Crippen LogP contribution in [0.15, 0.2) is 18.2 Å². The minimum Gasteiger partial charge on any atom is -0.304 e. The van der Waals surface area contributed by atoms with Crippen LogP contribution in [0.4, 0.5) is 0 Å². The van der Waals surface area contributed by atoms with Gasteiger partial charge in [0, 0.05) is 6.54 Å². The van der Waals surface area contributed by atoms with Crippen molar-refractivity contribution >= 4 is 0 Å². The minimum absolute atomic E-state index is 0.241. The normalized spacial score (nSPS) is 25.4. The highest BCUT2D eigenvalue weighted by Crippen LogP contribution is 2.35. The summed E-state index contributed by atoms with van der Waals surface area (Å²) in [6.45, 7) is 12.4. The van der Waals surface area contributed by atoms with Crippen molar-refractivity contribution in [2.24, 2.45) is 0 Å². The van der Waals surface area contributed by atoms with Gasteiger partial charge in [-0.05, 0) is 36.0 Å². The van der Waals surface area contributed by atoms with Crippen LogP contribution in [-0.4, -0.2) is 6.54 Å². The molecule has 1 unspecified atom stereocenters. The van der Waals surface area contributed by atoms with E-state index in [0.29, 0.717) is 0 Å². The van der Waals surface area contributed by atoms with Crippen LogP contribution in [0.2, 0.25) is 0 Å². The van der Waals surface area contributed by atoms with E-state index in [-0.39, 0.29) is 11.0 Å². The summed E-state index contributed by atoms with van der Waals surface area (Å²) < 4.78 is 0. The van der Waals surface area contributed by atoms with Gasteiger partial charge in [0.1, 0.15) is 0 Å². The van der Waals surface area contributed by atoms with Gasteiger partial charge in [-0.3, -0.25) is 0 Å². The molecule has 0 spiro atoms. The zero-order chi connectivity index (χ0) is 11.3. The minimum atomic E-state index is 0.241. The van der Waals surface area contributed by atoms with Crippen molar-refractivity contribution < 1.29 is 0 Å². The molecule has 82 valence electrons. The molecule has 0 aromatic heterocycles. The molecule has 0 bridgehead atoms. The maximum Gasteiger partial charge on any atom is 0.0536 e. The van der Waals surface area contributed by atoms with Crippen LogP contribution in [0.1, 0.15) is 44.4 Å². The number of hydrogen-bond donors (Lipinski definition) is 1. The van der Waals surface area contributed by atoms with Gasteiger partial charge in [0.15, 0.2) is 0 Å². The lowest BCUT2D eigenvalue weighted by atomic mass is 9.83. The maximum atomic E-state index is 3.45. The molecule has 15 heavy (non-hydrogen) atoms. The summed E-state index contributed by atoms with van der Waals surface area (Å²) in [4.78, 5) is 0. The molecule has 0 aliphatic carbocycles. The largest absolute Gasteiger partial charge is 0.304 e. The molecular weight excluding hydrogens is 182 g/mol.